The minimum atomic E-state index is -0.199. The van der Waals surface area contributed by atoms with Gasteiger partial charge in [-0.1, -0.05) is 13.8 Å². The summed E-state index contributed by atoms with van der Waals surface area (Å²) in [5, 5.41) is 0. The van der Waals surface area contributed by atoms with Crippen LogP contribution < -0.4 is 0 Å². The molecule has 92 valence electrons. The molecule has 16 heavy (non-hydrogen) atoms. The predicted octanol–water partition coefficient (Wildman–Crippen LogP) is 2.23. The third-order valence-electron chi connectivity index (χ3n) is 1.76. The number of carbonyl (C=O) groups excluding carboxylic acids is 2. The molecule has 0 spiro atoms. The summed E-state index contributed by atoms with van der Waals surface area (Å²) in [6, 6.07) is 0. The molecule has 0 heterocycles. The van der Waals surface area contributed by atoms with Crippen LogP contribution in [0.15, 0.2) is 12.2 Å². The third-order valence-corrected chi connectivity index (χ3v) is 1.76. The van der Waals surface area contributed by atoms with Crippen LogP contribution >= 0.6 is 0 Å². The van der Waals surface area contributed by atoms with Crippen LogP contribution in [0.1, 0.15) is 39.5 Å². The van der Waals surface area contributed by atoms with Gasteiger partial charge >= 0.3 is 11.9 Å². The third kappa shape index (κ3) is 9.24. The van der Waals surface area contributed by atoms with Crippen LogP contribution in [0.4, 0.5) is 0 Å². The van der Waals surface area contributed by atoms with E-state index in [-0.39, 0.29) is 25.2 Å². The lowest BCUT2D eigenvalue weighted by atomic mass is 10.3. The van der Waals surface area contributed by atoms with Gasteiger partial charge in [0, 0.05) is 12.8 Å². The second-order valence-corrected chi connectivity index (χ2v) is 3.34. The first-order valence-corrected chi connectivity index (χ1v) is 5.66. The zero-order valence-electron chi connectivity index (χ0n) is 10.0. The van der Waals surface area contributed by atoms with Crippen molar-refractivity contribution < 1.29 is 19.1 Å². The molecule has 0 atom stereocenters. The normalized spacial score (nSPS) is 10.4. The number of carbonyl (C=O) groups is 2. The van der Waals surface area contributed by atoms with Gasteiger partial charge in [0.05, 0.1) is 0 Å². The number of hydrogen-bond acceptors (Lipinski definition) is 4. The Bertz CT molecular complexity index is 209. The Morgan fingerprint density at radius 2 is 1.25 bits per heavy atom. The van der Waals surface area contributed by atoms with Crippen molar-refractivity contribution in [2.75, 3.05) is 13.2 Å². The highest BCUT2D eigenvalue weighted by Gasteiger charge is 1.98. The SMILES string of the molecule is CCCC(=O)OC/C=C/COC(=O)CCC. The zero-order chi connectivity index (χ0) is 12.2. The summed E-state index contributed by atoms with van der Waals surface area (Å²) >= 11 is 0. The fraction of sp³-hybridized carbons (Fsp3) is 0.667. The van der Waals surface area contributed by atoms with Crippen molar-refractivity contribution in [2.24, 2.45) is 0 Å². The minimum Gasteiger partial charge on any atom is -0.461 e. The van der Waals surface area contributed by atoms with Crippen molar-refractivity contribution in [3.8, 4) is 0 Å². The summed E-state index contributed by atoms with van der Waals surface area (Å²) in [6.07, 6.45) is 5.81. The first-order chi connectivity index (χ1) is 7.70. The van der Waals surface area contributed by atoms with Crippen LogP contribution in [0.2, 0.25) is 0 Å². The second-order valence-electron chi connectivity index (χ2n) is 3.34. The summed E-state index contributed by atoms with van der Waals surface area (Å²) in [4.78, 5) is 21.9. The van der Waals surface area contributed by atoms with E-state index in [1.165, 1.54) is 0 Å². The van der Waals surface area contributed by atoms with Crippen LogP contribution in [0.3, 0.4) is 0 Å². The van der Waals surface area contributed by atoms with Gasteiger partial charge < -0.3 is 9.47 Å². The molecule has 0 aromatic carbocycles. The number of ether oxygens (including phenoxy) is 2. The van der Waals surface area contributed by atoms with E-state index in [2.05, 4.69) is 0 Å². The molecule has 0 N–H and O–H groups in total. The Morgan fingerprint density at radius 1 is 0.875 bits per heavy atom. The van der Waals surface area contributed by atoms with Gasteiger partial charge in [0.15, 0.2) is 0 Å². The lowest BCUT2D eigenvalue weighted by molar-refractivity contribution is -0.143. The van der Waals surface area contributed by atoms with Crippen molar-refractivity contribution in [2.45, 2.75) is 39.5 Å². The topological polar surface area (TPSA) is 52.6 Å². The highest BCUT2D eigenvalue weighted by atomic mass is 16.5. The quantitative estimate of drug-likeness (QED) is 0.472. The largest absolute Gasteiger partial charge is 0.461 e. The maximum atomic E-state index is 10.9. The molecule has 0 radical (unpaired) electrons. The number of hydrogen-bond donors (Lipinski definition) is 0. The predicted molar refractivity (Wildman–Crippen MR) is 60.9 cm³/mol. The molecule has 0 saturated carbocycles. The van der Waals surface area contributed by atoms with Crippen LogP contribution in [-0.2, 0) is 19.1 Å². The van der Waals surface area contributed by atoms with E-state index in [1.807, 2.05) is 13.8 Å². The Hall–Kier alpha value is -1.32. The summed E-state index contributed by atoms with van der Waals surface area (Å²) in [5.74, 6) is -0.398. The molecule has 0 aliphatic rings. The van der Waals surface area contributed by atoms with Gasteiger partial charge in [0.1, 0.15) is 13.2 Å². The van der Waals surface area contributed by atoms with E-state index in [4.69, 9.17) is 9.47 Å². The van der Waals surface area contributed by atoms with E-state index in [0.717, 1.165) is 12.8 Å². The standard InChI is InChI=1S/C12H20O4/c1-3-7-11(13)15-9-5-6-10-16-12(14)8-4-2/h5-6H,3-4,7-10H2,1-2H3/b6-5+. The van der Waals surface area contributed by atoms with Crippen molar-refractivity contribution in [3.05, 3.63) is 12.2 Å². The van der Waals surface area contributed by atoms with E-state index in [1.54, 1.807) is 12.2 Å². The molecule has 0 unspecified atom stereocenters. The molecule has 0 aromatic heterocycles. The van der Waals surface area contributed by atoms with Crippen molar-refractivity contribution in [3.63, 3.8) is 0 Å². The molecule has 0 saturated heterocycles. The van der Waals surface area contributed by atoms with Crippen LogP contribution in [-0.4, -0.2) is 25.2 Å². The first-order valence-electron chi connectivity index (χ1n) is 5.66. The molecule has 0 rings (SSSR count). The van der Waals surface area contributed by atoms with Gasteiger partial charge in [-0.05, 0) is 25.0 Å². The van der Waals surface area contributed by atoms with Crippen molar-refractivity contribution in [1.29, 1.82) is 0 Å². The highest BCUT2D eigenvalue weighted by Crippen LogP contribution is 1.93. The fourth-order valence-electron chi connectivity index (χ4n) is 0.971. The van der Waals surface area contributed by atoms with Crippen LogP contribution in [0.25, 0.3) is 0 Å². The summed E-state index contributed by atoms with van der Waals surface area (Å²) in [7, 11) is 0. The van der Waals surface area contributed by atoms with Gasteiger partial charge in [-0.25, -0.2) is 0 Å². The molecular formula is C12H20O4. The lowest BCUT2D eigenvalue weighted by Crippen LogP contribution is -2.05. The number of rotatable bonds is 8. The number of esters is 2. The average molecular weight is 228 g/mol. The minimum absolute atomic E-state index is 0.199. The Morgan fingerprint density at radius 3 is 1.56 bits per heavy atom. The van der Waals surface area contributed by atoms with E-state index in [9.17, 15) is 9.59 Å². The zero-order valence-corrected chi connectivity index (χ0v) is 10.0. The van der Waals surface area contributed by atoms with Gasteiger partial charge in [0.25, 0.3) is 0 Å². The molecule has 0 aliphatic heterocycles. The monoisotopic (exact) mass is 228 g/mol. The summed E-state index contributed by atoms with van der Waals surface area (Å²) in [6.45, 7) is 4.32. The van der Waals surface area contributed by atoms with Gasteiger partial charge in [-0.3, -0.25) is 9.59 Å². The lowest BCUT2D eigenvalue weighted by Gasteiger charge is -2.00. The average Bonchev–Trinajstić information content (AvgIpc) is 2.24. The molecule has 0 aliphatic carbocycles. The molecule has 0 amide bonds. The van der Waals surface area contributed by atoms with E-state index >= 15 is 0 Å². The Kier molecular flexibility index (Phi) is 9.36. The molecular weight excluding hydrogens is 208 g/mol. The van der Waals surface area contributed by atoms with Gasteiger partial charge in [0.2, 0.25) is 0 Å². The summed E-state index contributed by atoms with van der Waals surface area (Å²) in [5.41, 5.74) is 0. The van der Waals surface area contributed by atoms with E-state index < -0.39 is 0 Å². The van der Waals surface area contributed by atoms with Crippen LogP contribution in [0, 0.1) is 0 Å². The molecule has 0 fully saturated rings. The Balaban J connectivity index is 3.41. The smallest absolute Gasteiger partial charge is 0.306 e. The van der Waals surface area contributed by atoms with Crippen molar-refractivity contribution >= 4 is 11.9 Å². The maximum absolute atomic E-state index is 10.9. The summed E-state index contributed by atoms with van der Waals surface area (Å²) < 4.78 is 9.74. The second kappa shape index (κ2) is 10.2. The Labute approximate surface area is 96.6 Å². The van der Waals surface area contributed by atoms with Crippen LogP contribution in [0.5, 0.6) is 0 Å². The molecule has 0 bridgehead atoms. The van der Waals surface area contributed by atoms with Crippen molar-refractivity contribution in [1.82, 2.24) is 0 Å². The highest BCUT2D eigenvalue weighted by molar-refractivity contribution is 5.69. The van der Waals surface area contributed by atoms with E-state index in [0.29, 0.717) is 12.8 Å². The van der Waals surface area contributed by atoms with Gasteiger partial charge in [-0.15, -0.1) is 0 Å². The first kappa shape index (κ1) is 14.7. The molecule has 4 nitrogen and oxygen atoms in total. The fourth-order valence-corrected chi connectivity index (χ4v) is 0.971. The molecule has 0 aromatic rings. The maximum Gasteiger partial charge on any atom is 0.306 e. The molecule has 4 heteroatoms. The van der Waals surface area contributed by atoms with Gasteiger partial charge in [-0.2, -0.15) is 0 Å².